The van der Waals surface area contributed by atoms with Crippen LogP contribution in [0, 0.1) is 16.7 Å². The van der Waals surface area contributed by atoms with Crippen LogP contribution < -0.4 is 0 Å². The maximum atomic E-state index is 2.84. The van der Waals surface area contributed by atoms with Gasteiger partial charge in [0.05, 0.1) is 11.2 Å². The molecule has 2 aliphatic rings. The van der Waals surface area contributed by atoms with E-state index in [2.05, 4.69) is 122 Å². The van der Waals surface area contributed by atoms with E-state index in [9.17, 15) is 0 Å². The summed E-state index contributed by atoms with van der Waals surface area (Å²) in [5.41, 5.74) is 6.62. The van der Waals surface area contributed by atoms with E-state index >= 15 is 0 Å². The lowest BCUT2D eigenvalue weighted by molar-refractivity contribution is -0.166. The molecule has 3 rings (SSSR count). The minimum absolute atomic E-state index is 0.0798. The first-order valence-electron chi connectivity index (χ1n) is 19.2. The van der Waals surface area contributed by atoms with Crippen LogP contribution in [0.4, 0.5) is 0 Å². The van der Waals surface area contributed by atoms with Crippen molar-refractivity contribution in [1.29, 1.82) is 0 Å². The fourth-order valence-corrected chi connectivity index (χ4v) is 10.2. The largest absolute Gasteiger partial charge is 0.294 e. The molecule has 1 aliphatic heterocycles. The number of likely N-dealkylation sites (N-methyl/N-ethyl adjacent to an activating group) is 1. The van der Waals surface area contributed by atoms with Crippen molar-refractivity contribution in [2.45, 2.75) is 178 Å². The van der Waals surface area contributed by atoms with E-state index < -0.39 is 0 Å². The number of fused-ring (bicyclic) bond motifs is 1. The summed E-state index contributed by atoms with van der Waals surface area (Å²) in [5.74, 6) is 0.729. The molecule has 0 amide bonds. The van der Waals surface area contributed by atoms with Gasteiger partial charge >= 0.3 is 0 Å². The maximum Gasteiger partial charge on any atom is 0.0855 e. The summed E-state index contributed by atoms with van der Waals surface area (Å²) in [5, 5.41) is 8.38. The maximum absolute atomic E-state index is 2.84. The normalized spacial score (nSPS) is 29.7. The quantitative estimate of drug-likeness (QED) is 0.154. The van der Waals surface area contributed by atoms with Gasteiger partial charge in [0.1, 0.15) is 0 Å². The number of rotatable bonds is 18. The van der Waals surface area contributed by atoms with Gasteiger partial charge in [-0.15, -0.1) is 0 Å². The molecule has 0 aromatic heterocycles. The molecule has 0 bridgehead atoms. The number of allylic oxidation sites excluding steroid dienone is 1. The summed E-state index contributed by atoms with van der Waals surface area (Å²) in [6, 6.07) is 9.68. The fraction of sp³-hybridized carbons (Fsp3) is 0.805. The summed E-state index contributed by atoms with van der Waals surface area (Å²) >= 11 is 0. The van der Waals surface area contributed by atoms with E-state index in [1.807, 2.05) is 0 Å². The summed E-state index contributed by atoms with van der Waals surface area (Å²) in [6.45, 7) is 33.3. The Kier molecular flexibility index (Phi) is 13.1. The average molecular weight is 608 g/mol. The van der Waals surface area contributed by atoms with Crippen molar-refractivity contribution in [3.63, 3.8) is 0 Å². The van der Waals surface area contributed by atoms with E-state index in [-0.39, 0.29) is 21.8 Å². The molecule has 4 atom stereocenters. The van der Waals surface area contributed by atoms with Crippen molar-refractivity contribution >= 4 is 0 Å². The van der Waals surface area contributed by atoms with E-state index in [0.29, 0.717) is 0 Å². The fourth-order valence-electron chi connectivity index (χ4n) is 10.2. The van der Waals surface area contributed by atoms with Crippen LogP contribution in [0.1, 0.15) is 171 Å². The molecule has 0 radical (unpaired) electrons. The summed E-state index contributed by atoms with van der Waals surface area (Å²) in [7, 11) is 0. The lowest BCUT2D eigenvalue weighted by Crippen LogP contribution is -2.71. The molecule has 3 heteroatoms. The number of nitrogens with zero attached hydrogens (tertiary/aromatic N) is 3. The second kappa shape index (κ2) is 15.5. The zero-order valence-electron chi connectivity index (χ0n) is 31.5. The van der Waals surface area contributed by atoms with Gasteiger partial charge in [0.2, 0.25) is 0 Å². The van der Waals surface area contributed by atoms with Gasteiger partial charge in [-0.05, 0) is 85.8 Å². The number of unbranched alkanes of at least 4 members (excludes halogenated alkanes) is 4. The van der Waals surface area contributed by atoms with Gasteiger partial charge in [0, 0.05) is 25.0 Å². The Hall–Kier alpha value is -1.32. The summed E-state index contributed by atoms with van der Waals surface area (Å²) in [4.78, 5) is 0. The van der Waals surface area contributed by atoms with Crippen LogP contribution in [0.3, 0.4) is 0 Å². The number of aryl methyl sites for hydroxylation is 1. The molecule has 252 valence electrons. The molecule has 0 N–H and O–H groups in total. The lowest BCUT2D eigenvalue weighted by atomic mass is 9.37. The molecular weight excluding hydrogens is 534 g/mol. The summed E-state index contributed by atoms with van der Waals surface area (Å²) in [6.07, 6.45) is 16.3. The smallest absolute Gasteiger partial charge is 0.0855 e. The van der Waals surface area contributed by atoms with Gasteiger partial charge in [-0.3, -0.25) is 5.01 Å². The Labute approximate surface area is 275 Å². The first-order chi connectivity index (χ1) is 21.0. The van der Waals surface area contributed by atoms with Crippen LogP contribution in [-0.4, -0.2) is 40.3 Å². The Bertz CT molecular complexity index is 1070. The van der Waals surface area contributed by atoms with Gasteiger partial charge in [-0.25, -0.2) is 5.01 Å². The zero-order valence-corrected chi connectivity index (χ0v) is 31.5. The number of hydrogen-bond donors (Lipinski definition) is 0. The first-order valence-corrected chi connectivity index (χ1v) is 19.2. The van der Waals surface area contributed by atoms with Crippen LogP contribution >= 0.6 is 0 Å². The predicted octanol–water partition coefficient (Wildman–Crippen LogP) is 11.7. The minimum atomic E-state index is -0.148. The highest BCUT2D eigenvalue weighted by Gasteiger charge is 2.73. The highest BCUT2D eigenvalue weighted by atomic mass is 15.9. The molecule has 1 fully saturated rings. The molecule has 44 heavy (non-hydrogen) atoms. The third-order valence-corrected chi connectivity index (χ3v) is 13.3. The van der Waals surface area contributed by atoms with Gasteiger partial charge in [0.25, 0.3) is 0 Å². The molecule has 3 nitrogen and oxygen atoms in total. The highest BCUT2D eigenvalue weighted by Crippen LogP contribution is 2.72. The zero-order chi connectivity index (χ0) is 32.8. The molecule has 1 saturated heterocycles. The molecular formula is C41H73N3. The van der Waals surface area contributed by atoms with Gasteiger partial charge < -0.3 is 0 Å². The van der Waals surface area contributed by atoms with Crippen molar-refractivity contribution in [2.75, 3.05) is 19.6 Å². The standard InChI is InChI=1S/C41H73N3/c1-13-21-23-26-31-42-37-36(32-33(16-4)17-5)38(9,18-6)39(10,30-15-3)40(11,41(37,12)43(19-7)44(42)20-8)35-29-25-24-28-34(35)27-22-14-2/h24-25,28-29,33H,13-23,26-27,30-32H2,1-12H3. The van der Waals surface area contributed by atoms with Crippen molar-refractivity contribution in [2.24, 2.45) is 16.7 Å². The number of hydrogen-bond acceptors (Lipinski definition) is 3. The Balaban J connectivity index is 2.56. The van der Waals surface area contributed by atoms with E-state index in [4.69, 9.17) is 0 Å². The number of hydrazine groups is 2. The van der Waals surface area contributed by atoms with Gasteiger partial charge in [-0.2, -0.15) is 5.12 Å². The third kappa shape index (κ3) is 5.74. The number of benzene rings is 1. The van der Waals surface area contributed by atoms with E-state index in [1.165, 1.54) is 83.5 Å². The topological polar surface area (TPSA) is 9.72 Å². The molecule has 1 aromatic rings. The highest BCUT2D eigenvalue weighted by molar-refractivity contribution is 5.52. The van der Waals surface area contributed by atoms with Crippen LogP contribution in [0.25, 0.3) is 0 Å². The lowest BCUT2D eigenvalue weighted by Gasteiger charge is -2.68. The monoisotopic (exact) mass is 608 g/mol. The van der Waals surface area contributed by atoms with Crippen LogP contribution in [0.2, 0.25) is 0 Å². The predicted molar refractivity (Wildman–Crippen MR) is 194 cm³/mol. The molecule has 1 heterocycles. The molecule has 1 aliphatic carbocycles. The summed E-state index contributed by atoms with van der Waals surface area (Å²) < 4.78 is 0. The van der Waals surface area contributed by atoms with Crippen LogP contribution in [-0.2, 0) is 11.8 Å². The van der Waals surface area contributed by atoms with Gasteiger partial charge in [0.15, 0.2) is 0 Å². The van der Waals surface area contributed by atoms with E-state index in [0.717, 1.165) is 25.6 Å². The van der Waals surface area contributed by atoms with E-state index in [1.54, 1.807) is 22.4 Å². The Morgan fingerprint density at radius 2 is 1.39 bits per heavy atom. The second-order valence-electron chi connectivity index (χ2n) is 15.0. The van der Waals surface area contributed by atoms with Crippen LogP contribution in [0.15, 0.2) is 35.5 Å². The molecule has 0 spiro atoms. The average Bonchev–Trinajstić information content (AvgIpc) is 3.29. The molecule has 4 unspecified atom stereocenters. The Morgan fingerprint density at radius 3 is 1.93 bits per heavy atom. The van der Waals surface area contributed by atoms with Crippen LogP contribution in [0.5, 0.6) is 0 Å². The SMILES string of the molecule is CCCCCCN1C2=C(CC(CC)CC)C(C)(CC)C(C)(CCC)C(C)(c3ccccc3CCCC)C2(C)N(CC)N1CC. The minimum Gasteiger partial charge on any atom is -0.294 e. The van der Waals surface area contributed by atoms with Crippen molar-refractivity contribution in [3.05, 3.63) is 46.7 Å². The van der Waals surface area contributed by atoms with Crippen molar-refractivity contribution in [3.8, 4) is 0 Å². The van der Waals surface area contributed by atoms with Crippen molar-refractivity contribution in [1.82, 2.24) is 15.1 Å². The van der Waals surface area contributed by atoms with Crippen molar-refractivity contribution < 1.29 is 0 Å². The first kappa shape index (κ1) is 37.1. The third-order valence-electron chi connectivity index (χ3n) is 13.3. The Morgan fingerprint density at radius 1 is 0.727 bits per heavy atom. The van der Waals surface area contributed by atoms with Gasteiger partial charge in [-0.1, -0.05) is 138 Å². The molecule has 0 saturated carbocycles. The second-order valence-corrected chi connectivity index (χ2v) is 15.0. The molecule has 1 aromatic carbocycles.